The molecular weight excluding hydrogens is 458 g/mol. The zero-order valence-corrected chi connectivity index (χ0v) is 18.9. The predicted octanol–water partition coefficient (Wildman–Crippen LogP) is 3.64. The Morgan fingerprint density at radius 1 is 1.26 bits per heavy atom. The summed E-state index contributed by atoms with van der Waals surface area (Å²) in [5.74, 6) is 1.05. The Hall–Kier alpha value is -1.09. The maximum absolute atomic E-state index is 13.2. The summed E-state index contributed by atoms with van der Waals surface area (Å²) >= 11 is 0. The number of hydrogen-bond acceptors (Lipinski definition) is 3. The SMILES string of the molecule is CCNC(=NCC(C)Oc1cccc(F)c1)NCCCCN1CCCC1.I. The van der Waals surface area contributed by atoms with Crippen molar-refractivity contribution in [3.8, 4) is 5.75 Å². The number of halogens is 2. The number of aliphatic imine (C=N–C) groups is 1. The molecule has 2 N–H and O–H groups in total. The van der Waals surface area contributed by atoms with Crippen molar-refractivity contribution in [2.24, 2.45) is 4.99 Å². The molecule has 1 saturated heterocycles. The highest BCUT2D eigenvalue weighted by Gasteiger charge is 2.10. The molecule has 1 aliphatic heterocycles. The van der Waals surface area contributed by atoms with E-state index in [-0.39, 0.29) is 35.9 Å². The minimum atomic E-state index is -0.290. The maximum Gasteiger partial charge on any atom is 0.191 e. The van der Waals surface area contributed by atoms with E-state index >= 15 is 0 Å². The molecule has 0 amide bonds. The number of nitrogens with zero attached hydrogens (tertiary/aromatic N) is 2. The number of ether oxygens (including phenoxy) is 1. The molecule has 1 aromatic rings. The first-order valence-corrected chi connectivity index (χ1v) is 9.84. The number of guanidine groups is 1. The van der Waals surface area contributed by atoms with Crippen molar-refractivity contribution in [2.45, 2.75) is 45.6 Å². The van der Waals surface area contributed by atoms with E-state index in [1.165, 1.54) is 51.0 Å². The zero-order valence-electron chi connectivity index (χ0n) is 16.5. The second-order valence-electron chi connectivity index (χ2n) is 6.79. The molecule has 7 heteroatoms. The van der Waals surface area contributed by atoms with Crippen LogP contribution in [0.1, 0.15) is 39.5 Å². The topological polar surface area (TPSA) is 48.9 Å². The third kappa shape index (κ3) is 10.1. The van der Waals surface area contributed by atoms with E-state index in [1.807, 2.05) is 6.92 Å². The van der Waals surface area contributed by atoms with Gasteiger partial charge in [0.1, 0.15) is 17.7 Å². The molecule has 0 bridgehead atoms. The lowest BCUT2D eigenvalue weighted by atomic mass is 10.3. The Labute approximate surface area is 180 Å². The lowest BCUT2D eigenvalue weighted by molar-refractivity contribution is 0.229. The van der Waals surface area contributed by atoms with Gasteiger partial charge in [-0.1, -0.05) is 6.07 Å². The van der Waals surface area contributed by atoms with Crippen molar-refractivity contribution in [2.75, 3.05) is 39.3 Å². The zero-order chi connectivity index (χ0) is 18.6. The summed E-state index contributed by atoms with van der Waals surface area (Å²) in [5, 5.41) is 6.64. The Morgan fingerprint density at radius 3 is 2.74 bits per heavy atom. The van der Waals surface area contributed by atoms with Crippen molar-refractivity contribution in [1.82, 2.24) is 15.5 Å². The lowest BCUT2D eigenvalue weighted by Crippen LogP contribution is -2.38. The molecule has 0 spiro atoms. The fourth-order valence-corrected chi connectivity index (χ4v) is 3.04. The molecule has 1 atom stereocenters. The predicted molar refractivity (Wildman–Crippen MR) is 121 cm³/mol. The molecule has 0 radical (unpaired) electrons. The van der Waals surface area contributed by atoms with Crippen LogP contribution in [0.15, 0.2) is 29.3 Å². The van der Waals surface area contributed by atoms with Gasteiger partial charge in [-0.05, 0) is 71.3 Å². The van der Waals surface area contributed by atoms with E-state index in [0.29, 0.717) is 12.3 Å². The van der Waals surface area contributed by atoms with Crippen LogP contribution in [0.5, 0.6) is 5.75 Å². The molecule has 0 aromatic heterocycles. The molecule has 5 nitrogen and oxygen atoms in total. The molecule has 154 valence electrons. The van der Waals surface area contributed by atoms with E-state index in [1.54, 1.807) is 12.1 Å². The summed E-state index contributed by atoms with van der Waals surface area (Å²) < 4.78 is 18.9. The molecular formula is C20H34FIN4O. The second kappa shape index (κ2) is 14.0. The highest BCUT2D eigenvalue weighted by molar-refractivity contribution is 14.0. The average molecular weight is 492 g/mol. The highest BCUT2D eigenvalue weighted by atomic mass is 127. The van der Waals surface area contributed by atoms with Gasteiger partial charge < -0.3 is 20.3 Å². The summed E-state index contributed by atoms with van der Waals surface area (Å²) in [6.07, 6.45) is 4.93. The van der Waals surface area contributed by atoms with Gasteiger partial charge in [-0.2, -0.15) is 0 Å². The summed E-state index contributed by atoms with van der Waals surface area (Å²) in [6, 6.07) is 6.21. The van der Waals surface area contributed by atoms with Crippen LogP contribution in [-0.2, 0) is 0 Å². The van der Waals surface area contributed by atoms with E-state index in [9.17, 15) is 4.39 Å². The van der Waals surface area contributed by atoms with Gasteiger partial charge in [0.05, 0.1) is 6.54 Å². The van der Waals surface area contributed by atoms with Crippen LogP contribution in [0, 0.1) is 5.82 Å². The molecule has 0 aliphatic carbocycles. The smallest absolute Gasteiger partial charge is 0.191 e. The van der Waals surface area contributed by atoms with Gasteiger partial charge in [-0.25, -0.2) is 9.38 Å². The van der Waals surface area contributed by atoms with Crippen molar-refractivity contribution < 1.29 is 9.13 Å². The number of hydrogen-bond donors (Lipinski definition) is 2. The van der Waals surface area contributed by atoms with Crippen LogP contribution in [0.3, 0.4) is 0 Å². The second-order valence-corrected chi connectivity index (χ2v) is 6.79. The quantitative estimate of drug-likeness (QED) is 0.227. The number of benzene rings is 1. The molecule has 1 unspecified atom stereocenters. The molecule has 2 rings (SSSR count). The minimum Gasteiger partial charge on any atom is -0.489 e. The van der Waals surface area contributed by atoms with Gasteiger partial charge >= 0.3 is 0 Å². The third-order valence-electron chi connectivity index (χ3n) is 4.38. The monoisotopic (exact) mass is 492 g/mol. The van der Waals surface area contributed by atoms with Gasteiger partial charge in [0.2, 0.25) is 0 Å². The Bertz CT molecular complexity index is 553. The van der Waals surface area contributed by atoms with Gasteiger partial charge in [0, 0.05) is 19.2 Å². The summed E-state index contributed by atoms with van der Waals surface area (Å²) in [5.41, 5.74) is 0. The normalized spacial score (nSPS) is 15.9. The summed E-state index contributed by atoms with van der Waals surface area (Å²) in [6.45, 7) is 9.97. The van der Waals surface area contributed by atoms with Crippen LogP contribution in [0.4, 0.5) is 4.39 Å². The first-order valence-electron chi connectivity index (χ1n) is 9.84. The van der Waals surface area contributed by atoms with E-state index in [2.05, 4.69) is 27.4 Å². The number of likely N-dealkylation sites (tertiary alicyclic amines) is 1. The number of nitrogens with one attached hydrogen (secondary N) is 2. The molecule has 0 saturated carbocycles. The summed E-state index contributed by atoms with van der Waals surface area (Å²) in [7, 11) is 0. The Kier molecular flexibility index (Phi) is 12.4. The van der Waals surface area contributed by atoms with E-state index in [4.69, 9.17) is 4.74 Å². The first-order chi connectivity index (χ1) is 12.7. The first kappa shape index (κ1) is 23.9. The fourth-order valence-electron chi connectivity index (χ4n) is 3.04. The largest absolute Gasteiger partial charge is 0.489 e. The van der Waals surface area contributed by atoms with Crippen molar-refractivity contribution in [3.05, 3.63) is 30.1 Å². The highest BCUT2D eigenvalue weighted by Crippen LogP contribution is 2.13. The van der Waals surface area contributed by atoms with Crippen LogP contribution in [0.25, 0.3) is 0 Å². The van der Waals surface area contributed by atoms with Gasteiger partial charge in [0.25, 0.3) is 0 Å². The van der Waals surface area contributed by atoms with Gasteiger partial charge in [0.15, 0.2) is 5.96 Å². The van der Waals surface area contributed by atoms with E-state index in [0.717, 1.165) is 25.5 Å². The molecule has 1 aromatic carbocycles. The molecule has 1 heterocycles. The fraction of sp³-hybridized carbons (Fsp3) is 0.650. The van der Waals surface area contributed by atoms with Crippen molar-refractivity contribution >= 4 is 29.9 Å². The van der Waals surface area contributed by atoms with Crippen LogP contribution in [-0.4, -0.2) is 56.2 Å². The van der Waals surface area contributed by atoms with Gasteiger partial charge in [-0.15, -0.1) is 24.0 Å². The van der Waals surface area contributed by atoms with Crippen LogP contribution < -0.4 is 15.4 Å². The van der Waals surface area contributed by atoms with Gasteiger partial charge in [-0.3, -0.25) is 0 Å². The lowest BCUT2D eigenvalue weighted by Gasteiger charge is -2.16. The molecule has 27 heavy (non-hydrogen) atoms. The van der Waals surface area contributed by atoms with Crippen LogP contribution in [0.2, 0.25) is 0 Å². The van der Waals surface area contributed by atoms with Crippen molar-refractivity contribution in [3.63, 3.8) is 0 Å². The van der Waals surface area contributed by atoms with Crippen LogP contribution >= 0.6 is 24.0 Å². The molecule has 1 aliphatic rings. The minimum absolute atomic E-state index is 0. The van der Waals surface area contributed by atoms with E-state index < -0.39 is 0 Å². The maximum atomic E-state index is 13.2. The standard InChI is InChI=1S/C20H33FN4O.HI/c1-3-22-20(23-11-4-5-12-25-13-6-7-14-25)24-16-17(2)26-19-10-8-9-18(21)15-19;/h8-10,15,17H,3-7,11-14,16H2,1-2H3,(H2,22,23,24);1H. The molecule has 1 fully saturated rings. The summed E-state index contributed by atoms with van der Waals surface area (Å²) in [4.78, 5) is 7.12. The number of unbranched alkanes of at least 4 members (excludes halogenated alkanes) is 1. The Morgan fingerprint density at radius 2 is 2.04 bits per heavy atom. The third-order valence-corrected chi connectivity index (χ3v) is 4.38. The number of rotatable bonds is 10. The van der Waals surface area contributed by atoms with Crippen molar-refractivity contribution in [1.29, 1.82) is 0 Å². The Balaban J connectivity index is 0.00000364. The average Bonchev–Trinajstić information content (AvgIpc) is 3.12.